The van der Waals surface area contributed by atoms with Crippen molar-refractivity contribution in [3.8, 4) is 5.75 Å². The van der Waals surface area contributed by atoms with Gasteiger partial charge in [0.05, 0.1) is 19.1 Å². The van der Waals surface area contributed by atoms with E-state index in [0.717, 1.165) is 22.3 Å². The van der Waals surface area contributed by atoms with Gasteiger partial charge in [-0.15, -0.1) is 0 Å². The maximum Gasteiger partial charge on any atom is 0.309 e. The highest BCUT2D eigenvalue weighted by Crippen LogP contribution is 2.31. The number of hydrogen-bond acceptors (Lipinski definition) is 3. The van der Waals surface area contributed by atoms with E-state index in [2.05, 4.69) is 0 Å². The molecular weight excluding hydrogens is 326 g/mol. The smallest absolute Gasteiger partial charge is 0.309 e. The summed E-state index contributed by atoms with van der Waals surface area (Å²) in [6, 6.07) is 10.4. The van der Waals surface area contributed by atoms with Gasteiger partial charge in [0.1, 0.15) is 12.4 Å². The van der Waals surface area contributed by atoms with E-state index in [0.29, 0.717) is 6.42 Å². The molecule has 0 saturated heterocycles. The molecule has 0 heterocycles. The number of alkyl halides is 2. The van der Waals surface area contributed by atoms with Crippen molar-refractivity contribution in [2.24, 2.45) is 0 Å². The predicted molar refractivity (Wildman–Crippen MR) is 92.0 cm³/mol. The Morgan fingerprint density at radius 3 is 2.60 bits per heavy atom. The molecule has 2 rings (SSSR count). The summed E-state index contributed by atoms with van der Waals surface area (Å²) in [5.41, 5.74) is 3.25. The molecule has 0 aliphatic heterocycles. The zero-order chi connectivity index (χ0) is 18.4. The second kappa shape index (κ2) is 8.60. The average molecular weight is 348 g/mol. The van der Waals surface area contributed by atoms with Crippen LogP contribution in [-0.2, 0) is 29.0 Å². The maximum atomic E-state index is 13.3. The molecule has 0 aliphatic carbocycles. The number of aryl methyl sites for hydroxylation is 2. The molecule has 0 fully saturated rings. The highest BCUT2D eigenvalue weighted by Gasteiger charge is 2.16. The van der Waals surface area contributed by atoms with Gasteiger partial charge in [-0.3, -0.25) is 4.79 Å². The number of benzene rings is 2. The summed E-state index contributed by atoms with van der Waals surface area (Å²) in [6.07, 6.45) is -1.80. The summed E-state index contributed by atoms with van der Waals surface area (Å²) < 4.78 is 37.0. The molecule has 0 amide bonds. The topological polar surface area (TPSA) is 35.5 Å². The van der Waals surface area contributed by atoms with Crippen molar-refractivity contribution in [2.45, 2.75) is 39.7 Å². The molecule has 2 aromatic carbocycles. The zero-order valence-corrected chi connectivity index (χ0v) is 14.6. The van der Waals surface area contributed by atoms with E-state index >= 15 is 0 Å². The SMILES string of the molecule is CCc1ccc(OCc2c(C)cccc2CC(=O)OC)c(C(F)F)c1. The Bertz CT molecular complexity index is 742. The van der Waals surface area contributed by atoms with E-state index in [9.17, 15) is 13.6 Å². The fraction of sp³-hybridized carbons (Fsp3) is 0.350. The van der Waals surface area contributed by atoms with Crippen molar-refractivity contribution >= 4 is 5.97 Å². The molecule has 0 bridgehead atoms. The quantitative estimate of drug-likeness (QED) is 0.675. The third-order valence-electron chi connectivity index (χ3n) is 4.16. The van der Waals surface area contributed by atoms with Crippen molar-refractivity contribution in [1.29, 1.82) is 0 Å². The van der Waals surface area contributed by atoms with Crippen LogP contribution < -0.4 is 4.74 Å². The fourth-order valence-electron chi connectivity index (χ4n) is 2.63. The van der Waals surface area contributed by atoms with Gasteiger partial charge < -0.3 is 9.47 Å². The first-order valence-corrected chi connectivity index (χ1v) is 8.14. The summed E-state index contributed by atoms with van der Waals surface area (Å²) in [4.78, 5) is 11.6. The first kappa shape index (κ1) is 18.9. The number of carbonyl (C=O) groups excluding carboxylic acids is 1. The van der Waals surface area contributed by atoms with Crippen LogP contribution in [0.1, 0.15) is 41.2 Å². The molecule has 0 N–H and O–H groups in total. The first-order chi connectivity index (χ1) is 12.0. The van der Waals surface area contributed by atoms with Crippen molar-refractivity contribution in [1.82, 2.24) is 0 Å². The molecule has 0 atom stereocenters. The average Bonchev–Trinajstić information content (AvgIpc) is 2.60. The third kappa shape index (κ3) is 4.78. The van der Waals surface area contributed by atoms with Gasteiger partial charge >= 0.3 is 5.97 Å². The summed E-state index contributed by atoms with van der Waals surface area (Å²) in [7, 11) is 1.33. The first-order valence-electron chi connectivity index (χ1n) is 8.14. The Balaban J connectivity index is 2.26. The van der Waals surface area contributed by atoms with Crippen LogP contribution in [-0.4, -0.2) is 13.1 Å². The van der Waals surface area contributed by atoms with Crippen molar-refractivity contribution in [3.05, 3.63) is 64.2 Å². The van der Waals surface area contributed by atoms with Crippen LogP contribution in [0.25, 0.3) is 0 Å². The highest BCUT2D eigenvalue weighted by molar-refractivity contribution is 5.73. The van der Waals surface area contributed by atoms with Gasteiger partial charge in [0.15, 0.2) is 0 Å². The van der Waals surface area contributed by atoms with E-state index in [-0.39, 0.29) is 30.3 Å². The largest absolute Gasteiger partial charge is 0.488 e. The minimum Gasteiger partial charge on any atom is -0.488 e. The van der Waals surface area contributed by atoms with Crippen LogP contribution in [0.5, 0.6) is 5.75 Å². The lowest BCUT2D eigenvalue weighted by molar-refractivity contribution is -0.139. The number of esters is 1. The second-order valence-electron chi connectivity index (χ2n) is 5.78. The van der Waals surface area contributed by atoms with Gasteiger partial charge in [-0.25, -0.2) is 8.78 Å². The molecule has 2 aromatic rings. The van der Waals surface area contributed by atoms with Crippen LogP contribution in [0.2, 0.25) is 0 Å². The summed E-state index contributed by atoms with van der Waals surface area (Å²) in [5, 5.41) is 0. The van der Waals surface area contributed by atoms with Gasteiger partial charge in [-0.2, -0.15) is 0 Å². The van der Waals surface area contributed by atoms with Crippen LogP contribution in [0, 0.1) is 6.92 Å². The minimum atomic E-state index is -2.60. The van der Waals surface area contributed by atoms with Crippen molar-refractivity contribution in [2.75, 3.05) is 7.11 Å². The molecule has 0 spiro atoms. The molecule has 134 valence electrons. The number of hydrogen-bond donors (Lipinski definition) is 0. The molecule has 25 heavy (non-hydrogen) atoms. The Hall–Kier alpha value is -2.43. The van der Waals surface area contributed by atoms with Crippen LogP contribution in [0.4, 0.5) is 8.78 Å². The van der Waals surface area contributed by atoms with E-state index in [4.69, 9.17) is 9.47 Å². The lowest BCUT2D eigenvalue weighted by Crippen LogP contribution is -2.10. The fourth-order valence-corrected chi connectivity index (χ4v) is 2.63. The lowest BCUT2D eigenvalue weighted by Gasteiger charge is -2.16. The van der Waals surface area contributed by atoms with Gasteiger partial charge in [0, 0.05) is 0 Å². The second-order valence-corrected chi connectivity index (χ2v) is 5.78. The summed E-state index contributed by atoms with van der Waals surface area (Å²) in [6.45, 7) is 3.93. The Labute approximate surface area is 146 Å². The van der Waals surface area contributed by atoms with Gasteiger partial charge in [-0.05, 0) is 47.7 Å². The minimum absolute atomic E-state index is 0.109. The molecule has 0 aromatic heterocycles. The molecule has 0 saturated carbocycles. The van der Waals surface area contributed by atoms with Gasteiger partial charge in [0.2, 0.25) is 0 Å². The van der Waals surface area contributed by atoms with Crippen molar-refractivity contribution < 1.29 is 23.0 Å². The Morgan fingerprint density at radius 1 is 1.20 bits per heavy atom. The van der Waals surface area contributed by atoms with E-state index in [1.165, 1.54) is 13.2 Å². The Morgan fingerprint density at radius 2 is 1.96 bits per heavy atom. The summed E-state index contributed by atoms with van der Waals surface area (Å²) >= 11 is 0. The Kier molecular flexibility index (Phi) is 6.51. The monoisotopic (exact) mass is 348 g/mol. The molecule has 0 radical (unpaired) electrons. The highest BCUT2D eigenvalue weighted by atomic mass is 19.3. The third-order valence-corrected chi connectivity index (χ3v) is 4.16. The summed E-state index contributed by atoms with van der Waals surface area (Å²) in [5.74, 6) is -0.188. The lowest BCUT2D eigenvalue weighted by atomic mass is 10.00. The zero-order valence-electron chi connectivity index (χ0n) is 14.6. The number of methoxy groups -OCH3 is 1. The molecule has 5 heteroatoms. The van der Waals surface area contributed by atoms with Crippen LogP contribution in [0.15, 0.2) is 36.4 Å². The van der Waals surface area contributed by atoms with Crippen LogP contribution in [0.3, 0.4) is 0 Å². The van der Waals surface area contributed by atoms with Crippen LogP contribution >= 0.6 is 0 Å². The van der Waals surface area contributed by atoms with E-state index in [1.807, 2.05) is 32.0 Å². The van der Waals surface area contributed by atoms with Crippen molar-refractivity contribution in [3.63, 3.8) is 0 Å². The normalized spacial score (nSPS) is 10.8. The van der Waals surface area contributed by atoms with E-state index in [1.54, 1.807) is 12.1 Å². The maximum absolute atomic E-state index is 13.3. The van der Waals surface area contributed by atoms with E-state index < -0.39 is 6.43 Å². The predicted octanol–water partition coefficient (Wildman–Crippen LogP) is 4.79. The standard InChI is InChI=1S/C20H22F2O3/c1-4-14-8-9-18(16(10-14)20(21)22)25-12-17-13(2)6-5-7-15(17)11-19(23)24-3/h5-10,20H,4,11-12H2,1-3H3. The van der Waals surface area contributed by atoms with Gasteiger partial charge in [-0.1, -0.05) is 31.2 Å². The molecule has 0 unspecified atom stereocenters. The molecule has 3 nitrogen and oxygen atoms in total. The van der Waals surface area contributed by atoms with Gasteiger partial charge in [0.25, 0.3) is 6.43 Å². The number of carbonyl (C=O) groups is 1. The number of halogens is 2. The number of ether oxygens (including phenoxy) is 2. The molecular formula is C20H22F2O3. The number of rotatable bonds is 7. The molecule has 0 aliphatic rings.